The number of piperidine rings is 1. The van der Waals surface area contributed by atoms with Gasteiger partial charge in [-0.3, -0.25) is 4.79 Å². The maximum atomic E-state index is 13.1. The van der Waals surface area contributed by atoms with Gasteiger partial charge in [0.05, 0.1) is 17.1 Å². The van der Waals surface area contributed by atoms with Gasteiger partial charge in [-0.15, -0.1) is 0 Å². The molecule has 0 aliphatic carbocycles. The van der Waals surface area contributed by atoms with Crippen molar-refractivity contribution in [2.24, 2.45) is 0 Å². The van der Waals surface area contributed by atoms with Crippen molar-refractivity contribution in [3.8, 4) is 0 Å². The number of benzene rings is 1. The van der Waals surface area contributed by atoms with Crippen LogP contribution < -0.4 is 5.32 Å². The van der Waals surface area contributed by atoms with Crippen LogP contribution in [-0.4, -0.2) is 77.1 Å². The summed E-state index contributed by atoms with van der Waals surface area (Å²) in [5.41, 5.74) is -1.43. The number of alkyl halides is 3. The summed E-state index contributed by atoms with van der Waals surface area (Å²) in [4.78, 5) is 42.5. The molecule has 1 aromatic rings. The van der Waals surface area contributed by atoms with Crippen LogP contribution in [0.25, 0.3) is 0 Å². The maximum absolute atomic E-state index is 13.1. The van der Waals surface area contributed by atoms with Crippen molar-refractivity contribution in [2.45, 2.75) is 64.0 Å². The second-order valence-corrected chi connectivity index (χ2v) is 10.1. The number of hydrogen-bond donors (Lipinski definition) is 1. The summed E-state index contributed by atoms with van der Waals surface area (Å²) in [6, 6.07) is 2.27. The average Bonchev–Trinajstić information content (AvgIpc) is 3.05. The van der Waals surface area contributed by atoms with Gasteiger partial charge in [-0.25, -0.2) is 9.59 Å². The van der Waals surface area contributed by atoms with E-state index < -0.39 is 40.4 Å². The summed E-state index contributed by atoms with van der Waals surface area (Å²) >= 11 is 5.90. The first kappa shape index (κ1) is 26.9. The minimum absolute atomic E-state index is 0.133. The molecule has 2 aliphatic rings. The van der Waals surface area contributed by atoms with E-state index >= 15 is 0 Å². The van der Waals surface area contributed by atoms with Gasteiger partial charge in [-0.1, -0.05) is 23.7 Å². The van der Waals surface area contributed by atoms with Crippen molar-refractivity contribution in [2.75, 3.05) is 26.7 Å². The van der Waals surface area contributed by atoms with Crippen LogP contribution in [0.2, 0.25) is 5.02 Å². The Morgan fingerprint density at radius 2 is 1.80 bits per heavy atom. The van der Waals surface area contributed by atoms with E-state index in [9.17, 15) is 27.6 Å². The summed E-state index contributed by atoms with van der Waals surface area (Å²) in [6.07, 6.45) is -3.90. The normalized spacial score (nSPS) is 19.8. The highest BCUT2D eigenvalue weighted by atomic mass is 35.5. The fraction of sp³-hybridized carbons (Fsp3) is 0.609. The first-order valence-electron chi connectivity index (χ1n) is 11.3. The van der Waals surface area contributed by atoms with E-state index in [2.05, 4.69) is 5.32 Å². The van der Waals surface area contributed by atoms with Crippen molar-refractivity contribution in [1.29, 1.82) is 0 Å². The molecule has 12 heteroatoms. The third-order valence-corrected chi connectivity index (χ3v) is 6.53. The number of halogens is 4. The lowest BCUT2D eigenvalue weighted by molar-refractivity contribution is -0.137. The van der Waals surface area contributed by atoms with Gasteiger partial charge in [0.1, 0.15) is 11.6 Å². The van der Waals surface area contributed by atoms with E-state index in [0.29, 0.717) is 25.9 Å². The minimum atomic E-state index is -4.60. The van der Waals surface area contributed by atoms with Crippen LogP contribution in [0.15, 0.2) is 18.2 Å². The van der Waals surface area contributed by atoms with Crippen LogP contribution in [0.5, 0.6) is 0 Å². The SMILES string of the molecule is CN1C(=O)N(C2CCN(C(=O)OC(C)(C)C)CC2)CC1C(=O)NCc1cccc(C(F)(F)F)c1Cl. The zero-order valence-corrected chi connectivity index (χ0v) is 20.9. The average molecular weight is 519 g/mol. The molecule has 2 heterocycles. The van der Waals surface area contributed by atoms with Crippen LogP contribution in [-0.2, 0) is 22.3 Å². The van der Waals surface area contributed by atoms with E-state index in [4.69, 9.17) is 16.3 Å². The smallest absolute Gasteiger partial charge is 0.417 e. The number of carbonyl (C=O) groups is 3. The predicted molar refractivity (Wildman–Crippen MR) is 123 cm³/mol. The molecule has 2 fully saturated rings. The lowest BCUT2D eigenvalue weighted by Gasteiger charge is -2.36. The highest BCUT2D eigenvalue weighted by molar-refractivity contribution is 6.32. The summed E-state index contributed by atoms with van der Waals surface area (Å²) in [7, 11) is 1.51. The van der Waals surface area contributed by atoms with Crippen molar-refractivity contribution in [3.63, 3.8) is 0 Å². The van der Waals surface area contributed by atoms with Crippen LogP contribution in [0.3, 0.4) is 0 Å². The number of likely N-dealkylation sites (N-methyl/N-ethyl adjacent to an activating group) is 1. The van der Waals surface area contributed by atoms with Crippen molar-refractivity contribution >= 4 is 29.6 Å². The number of amides is 4. The van der Waals surface area contributed by atoms with E-state index in [0.717, 1.165) is 6.07 Å². The number of hydrogen-bond acceptors (Lipinski definition) is 4. The van der Waals surface area contributed by atoms with Gasteiger partial charge in [-0.05, 0) is 45.2 Å². The fourth-order valence-electron chi connectivity index (χ4n) is 4.21. The first-order chi connectivity index (χ1) is 16.2. The van der Waals surface area contributed by atoms with Gasteiger partial charge in [0, 0.05) is 32.7 Å². The number of likely N-dealkylation sites (tertiary alicyclic amines) is 1. The topological polar surface area (TPSA) is 82.2 Å². The van der Waals surface area contributed by atoms with Gasteiger partial charge in [0.25, 0.3) is 0 Å². The number of nitrogens with one attached hydrogen (secondary N) is 1. The number of nitrogens with zero attached hydrogens (tertiary/aromatic N) is 3. The second kappa shape index (κ2) is 10.1. The molecule has 0 aromatic heterocycles. The first-order valence-corrected chi connectivity index (χ1v) is 11.7. The molecule has 0 radical (unpaired) electrons. The highest BCUT2D eigenvalue weighted by Gasteiger charge is 2.43. The Kier molecular flexibility index (Phi) is 7.78. The molecular weight excluding hydrogens is 489 g/mol. The van der Waals surface area contributed by atoms with E-state index in [1.54, 1.807) is 30.6 Å². The molecule has 194 valence electrons. The Labute approximate surface area is 207 Å². The molecular formula is C23H30ClF3N4O4. The highest BCUT2D eigenvalue weighted by Crippen LogP contribution is 2.36. The molecule has 3 rings (SSSR count). The van der Waals surface area contributed by atoms with Crippen LogP contribution in [0, 0.1) is 0 Å². The lowest BCUT2D eigenvalue weighted by atomic mass is 10.0. The molecule has 8 nitrogen and oxygen atoms in total. The Bertz CT molecular complexity index is 974. The van der Waals surface area contributed by atoms with Crippen molar-refractivity contribution in [3.05, 3.63) is 34.3 Å². The van der Waals surface area contributed by atoms with Gasteiger partial charge in [0.15, 0.2) is 0 Å². The summed E-state index contributed by atoms with van der Waals surface area (Å²) in [6.45, 7) is 6.19. The maximum Gasteiger partial charge on any atom is 0.417 e. The van der Waals surface area contributed by atoms with Gasteiger partial charge >= 0.3 is 18.3 Å². The zero-order valence-electron chi connectivity index (χ0n) is 20.1. The second-order valence-electron chi connectivity index (χ2n) is 9.75. The minimum Gasteiger partial charge on any atom is -0.444 e. The molecule has 35 heavy (non-hydrogen) atoms. The molecule has 1 N–H and O–H groups in total. The largest absolute Gasteiger partial charge is 0.444 e. The molecule has 1 aromatic carbocycles. The summed E-state index contributed by atoms with van der Waals surface area (Å²) < 4.78 is 44.6. The molecule has 1 atom stereocenters. The molecule has 4 amide bonds. The van der Waals surface area contributed by atoms with Gasteiger partial charge in [-0.2, -0.15) is 13.2 Å². The van der Waals surface area contributed by atoms with E-state index in [-0.39, 0.29) is 30.7 Å². The van der Waals surface area contributed by atoms with Crippen LogP contribution in [0.1, 0.15) is 44.7 Å². The molecule has 0 saturated carbocycles. The molecule has 0 bridgehead atoms. The van der Waals surface area contributed by atoms with Crippen molar-refractivity contribution in [1.82, 2.24) is 20.0 Å². The number of ether oxygens (including phenoxy) is 1. The monoisotopic (exact) mass is 518 g/mol. The third-order valence-electron chi connectivity index (χ3n) is 6.08. The van der Waals surface area contributed by atoms with Crippen LogP contribution in [0.4, 0.5) is 22.8 Å². The predicted octanol–water partition coefficient (Wildman–Crippen LogP) is 4.11. The molecule has 2 saturated heterocycles. The number of rotatable bonds is 4. The van der Waals surface area contributed by atoms with E-state index in [1.165, 1.54) is 24.1 Å². The standard InChI is InChI=1S/C23H30ClF3N4O4/c1-22(2,3)35-21(34)30-10-8-15(9-11-30)31-13-17(29(4)20(31)33)19(32)28-12-14-6-5-7-16(18(14)24)23(25,26)27/h5-7,15,17H,8-13H2,1-4H3,(H,28,32). The van der Waals surface area contributed by atoms with Gasteiger partial charge < -0.3 is 24.8 Å². The molecule has 1 unspecified atom stereocenters. The third kappa shape index (κ3) is 6.31. The molecule has 0 spiro atoms. The van der Waals surface area contributed by atoms with Crippen LogP contribution >= 0.6 is 11.6 Å². The lowest BCUT2D eigenvalue weighted by Crippen LogP contribution is -2.48. The fourth-order valence-corrected chi connectivity index (χ4v) is 4.51. The molecule has 2 aliphatic heterocycles. The number of carbonyl (C=O) groups excluding carboxylic acids is 3. The quantitative estimate of drug-likeness (QED) is 0.650. The number of urea groups is 1. The Morgan fingerprint density at radius 1 is 1.17 bits per heavy atom. The zero-order chi connectivity index (χ0) is 26.1. The summed E-state index contributed by atoms with van der Waals surface area (Å²) in [5.74, 6) is -0.483. The Balaban J connectivity index is 1.57. The van der Waals surface area contributed by atoms with E-state index in [1.807, 2.05) is 0 Å². The Hall–Kier alpha value is -2.69. The summed E-state index contributed by atoms with van der Waals surface area (Å²) in [5, 5.41) is 2.13. The van der Waals surface area contributed by atoms with Crippen molar-refractivity contribution < 1.29 is 32.3 Å². The Morgan fingerprint density at radius 3 is 2.37 bits per heavy atom. The van der Waals surface area contributed by atoms with Gasteiger partial charge in [0.2, 0.25) is 5.91 Å².